The number of nitrogens with zero attached hydrogens (tertiary/aromatic N) is 3. The monoisotopic (exact) mass is 338 g/mol. The molecule has 0 aliphatic heterocycles. The van der Waals surface area contributed by atoms with Crippen molar-refractivity contribution >= 4 is 28.8 Å². The highest BCUT2D eigenvalue weighted by molar-refractivity contribution is 7.15. The largest absolute Gasteiger partial charge is 0.324 e. The van der Waals surface area contributed by atoms with Crippen LogP contribution in [0.1, 0.15) is 34.9 Å². The van der Waals surface area contributed by atoms with Crippen molar-refractivity contribution < 1.29 is 4.79 Å². The maximum atomic E-state index is 11.5. The summed E-state index contributed by atoms with van der Waals surface area (Å²) in [6.07, 6.45) is 2.64. The molecule has 2 heterocycles. The maximum Gasteiger partial charge on any atom is 0.227 e. The Morgan fingerprint density at radius 2 is 2.08 bits per heavy atom. The van der Waals surface area contributed by atoms with Gasteiger partial charge in [0.25, 0.3) is 0 Å². The zero-order valence-corrected chi connectivity index (χ0v) is 14.6. The molecule has 0 fully saturated rings. The lowest BCUT2D eigenvalue weighted by atomic mass is 10.1. The number of rotatable bonds is 5. The zero-order chi connectivity index (χ0) is 17.1. The first-order valence-electron chi connectivity index (χ1n) is 7.74. The van der Waals surface area contributed by atoms with Gasteiger partial charge in [-0.15, -0.1) is 11.3 Å². The predicted molar refractivity (Wildman–Crippen MR) is 97.0 cm³/mol. The van der Waals surface area contributed by atoms with Crippen LogP contribution in [0.5, 0.6) is 0 Å². The lowest BCUT2D eigenvalue weighted by Gasteiger charge is -2.07. The Morgan fingerprint density at radius 1 is 1.25 bits per heavy atom. The minimum Gasteiger partial charge on any atom is -0.324 e. The highest BCUT2D eigenvalue weighted by atomic mass is 32.1. The van der Waals surface area contributed by atoms with Gasteiger partial charge in [0.05, 0.1) is 21.3 Å². The molecule has 0 saturated carbocycles. The van der Waals surface area contributed by atoms with Crippen molar-refractivity contribution in [2.24, 2.45) is 0 Å². The topological polar surface area (TPSA) is 67.8 Å². The van der Waals surface area contributed by atoms with E-state index < -0.39 is 0 Å². The summed E-state index contributed by atoms with van der Waals surface area (Å²) in [6, 6.07) is 9.19. The number of thiazole rings is 1. The summed E-state index contributed by atoms with van der Waals surface area (Å²) in [7, 11) is 0. The minimum atomic E-state index is 0.0284. The minimum absolute atomic E-state index is 0.0284. The van der Waals surface area contributed by atoms with Gasteiger partial charge < -0.3 is 5.32 Å². The van der Waals surface area contributed by atoms with Crippen molar-refractivity contribution in [2.45, 2.75) is 27.2 Å². The molecule has 122 valence electrons. The number of carbonyl (C=O) groups is 1. The van der Waals surface area contributed by atoms with Crippen LogP contribution in [-0.2, 0) is 6.42 Å². The normalized spacial score (nSPS) is 10.6. The molecule has 24 heavy (non-hydrogen) atoms. The van der Waals surface area contributed by atoms with Crippen LogP contribution in [0.25, 0.3) is 10.6 Å². The Kier molecular flexibility index (Phi) is 4.66. The SMILES string of the molecule is CCc1nc(C)c(-c2ccnc(Nc3cccc(C(C)=O)c3)n2)s1. The molecule has 0 amide bonds. The van der Waals surface area contributed by atoms with Crippen molar-refractivity contribution in [1.82, 2.24) is 15.0 Å². The van der Waals surface area contributed by atoms with Crippen molar-refractivity contribution in [3.05, 3.63) is 52.8 Å². The van der Waals surface area contributed by atoms with E-state index in [0.29, 0.717) is 11.5 Å². The summed E-state index contributed by atoms with van der Waals surface area (Å²) in [5.74, 6) is 0.528. The number of nitrogens with one attached hydrogen (secondary N) is 1. The van der Waals surface area contributed by atoms with Crippen LogP contribution in [0, 0.1) is 6.92 Å². The molecule has 0 aliphatic rings. The first kappa shape index (κ1) is 16.3. The zero-order valence-electron chi connectivity index (χ0n) is 13.8. The second-order valence-corrected chi connectivity index (χ2v) is 6.49. The number of Topliss-reactive ketones (excluding diaryl/α,β-unsaturated/α-hetero) is 1. The summed E-state index contributed by atoms with van der Waals surface area (Å²) in [5.41, 5.74) is 3.28. The van der Waals surface area contributed by atoms with E-state index in [1.807, 2.05) is 25.1 Å². The third-order valence-electron chi connectivity index (χ3n) is 3.56. The van der Waals surface area contributed by atoms with Crippen molar-refractivity contribution in [1.29, 1.82) is 0 Å². The summed E-state index contributed by atoms with van der Waals surface area (Å²) in [4.78, 5) is 26.0. The molecule has 3 rings (SSSR count). The van der Waals surface area contributed by atoms with Crippen LogP contribution >= 0.6 is 11.3 Å². The highest BCUT2D eigenvalue weighted by Gasteiger charge is 2.11. The number of aromatic nitrogens is 3. The molecule has 0 radical (unpaired) electrons. The quantitative estimate of drug-likeness (QED) is 0.698. The molecule has 1 aromatic carbocycles. The summed E-state index contributed by atoms with van der Waals surface area (Å²) < 4.78 is 0. The number of hydrogen-bond donors (Lipinski definition) is 1. The second-order valence-electron chi connectivity index (χ2n) is 5.40. The molecule has 0 atom stereocenters. The average Bonchev–Trinajstić information content (AvgIpc) is 2.96. The molecule has 2 aromatic heterocycles. The van der Waals surface area contributed by atoms with Crippen molar-refractivity contribution in [3.8, 4) is 10.6 Å². The molecule has 0 spiro atoms. The molecule has 0 aliphatic carbocycles. The van der Waals surface area contributed by atoms with E-state index in [4.69, 9.17) is 0 Å². The van der Waals surface area contributed by atoms with E-state index in [-0.39, 0.29) is 5.78 Å². The lowest BCUT2D eigenvalue weighted by Crippen LogP contribution is -1.99. The van der Waals surface area contributed by atoms with Gasteiger partial charge in [0.2, 0.25) is 5.95 Å². The first-order chi connectivity index (χ1) is 11.6. The van der Waals surface area contributed by atoms with E-state index in [1.54, 1.807) is 36.6 Å². The summed E-state index contributed by atoms with van der Waals surface area (Å²) >= 11 is 1.66. The summed E-state index contributed by atoms with van der Waals surface area (Å²) in [6.45, 7) is 5.64. The predicted octanol–water partition coefficient (Wildman–Crippen LogP) is 4.42. The fraction of sp³-hybridized carbons (Fsp3) is 0.222. The van der Waals surface area contributed by atoms with Crippen LogP contribution in [0.3, 0.4) is 0 Å². The molecule has 0 unspecified atom stereocenters. The molecule has 5 nitrogen and oxygen atoms in total. The molecule has 0 bridgehead atoms. The maximum absolute atomic E-state index is 11.5. The molecule has 0 saturated heterocycles. The highest BCUT2D eigenvalue weighted by Crippen LogP contribution is 2.29. The fourth-order valence-electron chi connectivity index (χ4n) is 2.33. The first-order valence-corrected chi connectivity index (χ1v) is 8.56. The number of aryl methyl sites for hydroxylation is 2. The second kappa shape index (κ2) is 6.88. The third kappa shape index (κ3) is 3.49. The number of carbonyl (C=O) groups excluding carboxylic acids is 1. The van der Waals surface area contributed by atoms with Gasteiger partial charge in [-0.25, -0.2) is 15.0 Å². The number of ketones is 1. The standard InChI is InChI=1S/C18H18N4OS/c1-4-16-20-11(2)17(24-16)15-8-9-19-18(22-15)21-14-7-5-6-13(10-14)12(3)23/h5-10H,4H2,1-3H3,(H,19,21,22). The van der Waals surface area contributed by atoms with Gasteiger partial charge in [-0.1, -0.05) is 19.1 Å². The molecular weight excluding hydrogens is 320 g/mol. The fourth-order valence-corrected chi connectivity index (χ4v) is 3.31. The molecule has 3 aromatic rings. The molecule has 6 heteroatoms. The Bertz CT molecular complexity index is 888. The van der Waals surface area contributed by atoms with Crippen molar-refractivity contribution in [3.63, 3.8) is 0 Å². The van der Waals surface area contributed by atoms with Gasteiger partial charge in [0.1, 0.15) is 0 Å². The number of hydrogen-bond acceptors (Lipinski definition) is 6. The van der Waals surface area contributed by atoms with E-state index in [0.717, 1.165) is 33.4 Å². The Morgan fingerprint density at radius 3 is 2.79 bits per heavy atom. The van der Waals surface area contributed by atoms with Crippen LogP contribution < -0.4 is 5.32 Å². The van der Waals surface area contributed by atoms with Crippen LogP contribution in [-0.4, -0.2) is 20.7 Å². The van der Waals surface area contributed by atoms with E-state index in [2.05, 4.69) is 27.2 Å². The van der Waals surface area contributed by atoms with E-state index in [1.165, 1.54) is 0 Å². The smallest absolute Gasteiger partial charge is 0.227 e. The molecular formula is C18H18N4OS. The molecule has 1 N–H and O–H groups in total. The van der Waals surface area contributed by atoms with Gasteiger partial charge in [-0.3, -0.25) is 4.79 Å². The van der Waals surface area contributed by atoms with Gasteiger partial charge >= 0.3 is 0 Å². The van der Waals surface area contributed by atoms with E-state index >= 15 is 0 Å². The van der Waals surface area contributed by atoms with Gasteiger partial charge in [-0.05, 0) is 38.5 Å². The summed E-state index contributed by atoms with van der Waals surface area (Å²) in [5, 5.41) is 4.26. The van der Waals surface area contributed by atoms with Gasteiger partial charge in [-0.2, -0.15) is 0 Å². The van der Waals surface area contributed by atoms with Crippen LogP contribution in [0.15, 0.2) is 36.5 Å². The van der Waals surface area contributed by atoms with Gasteiger partial charge in [0, 0.05) is 17.4 Å². The van der Waals surface area contributed by atoms with E-state index in [9.17, 15) is 4.79 Å². The van der Waals surface area contributed by atoms with Gasteiger partial charge in [0.15, 0.2) is 5.78 Å². The van der Waals surface area contributed by atoms with Crippen LogP contribution in [0.4, 0.5) is 11.6 Å². The Hall–Kier alpha value is -2.60. The number of anilines is 2. The Labute approximate surface area is 144 Å². The average molecular weight is 338 g/mol. The number of benzene rings is 1. The third-order valence-corrected chi connectivity index (χ3v) is 4.88. The van der Waals surface area contributed by atoms with Crippen molar-refractivity contribution in [2.75, 3.05) is 5.32 Å². The van der Waals surface area contributed by atoms with Crippen LogP contribution in [0.2, 0.25) is 0 Å². The Balaban J connectivity index is 1.89. The lowest BCUT2D eigenvalue weighted by molar-refractivity contribution is 0.101.